The number of aldehydes is 1. The number of carbonyl (C=O) groups excluding carboxylic acids is 1. The molecule has 7 nitrogen and oxygen atoms in total. The lowest BCUT2D eigenvalue weighted by Crippen LogP contribution is -2.56. The van der Waals surface area contributed by atoms with Crippen LogP contribution in [0.3, 0.4) is 0 Å². The molecule has 3 rings (SSSR count). The molecule has 2 heterocycles. The zero-order chi connectivity index (χ0) is 17.5. The van der Waals surface area contributed by atoms with Crippen LogP contribution in [0.4, 0.5) is 10.5 Å². The quantitative estimate of drug-likeness (QED) is 0.687. The average molecular weight is 393 g/mol. The maximum absolute atomic E-state index is 11.9. The summed E-state index contributed by atoms with van der Waals surface area (Å²) in [6.07, 6.45) is 2.11. The Labute approximate surface area is 146 Å². The van der Waals surface area contributed by atoms with Gasteiger partial charge >= 0.3 is 6.09 Å². The molecule has 1 aromatic carbocycles. The van der Waals surface area contributed by atoms with E-state index >= 15 is 0 Å². The van der Waals surface area contributed by atoms with Crippen molar-refractivity contribution in [3.63, 3.8) is 0 Å². The van der Waals surface area contributed by atoms with Gasteiger partial charge in [-0.15, -0.1) is 0 Å². The van der Waals surface area contributed by atoms with Crippen LogP contribution in [0.25, 0.3) is 10.9 Å². The first-order chi connectivity index (χ1) is 11.4. The summed E-state index contributed by atoms with van der Waals surface area (Å²) in [5.41, 5.74) is 12.5. The molecule has 0 radical (unpaired) electrons. The number of carboxylic acid groups (broad SMARTS) is 1. The highest BCUT2D eigenvalue weighted by atomic mass is 79.9. The number of fused-ring (bicyclic) bond motifs is 1. The van der Waals surface area contributed by atoms with Crippen LogP contribution in [0.2, 0.25) is 0 Å². The van der Waals surface area contributed by atoms with Crippen molar-refractivity contribution >= 4 is 44.9 Å². The predicted molar refractivity (Wildman–Crippen MR) is 93.5 cm³/mol. The summed E-state index contributed by atoms with van der Waals surface area (Å²) < 4.78 is 0.858. The van der Waals surface area contributed by atoms with Crippen molar-refractivity contribution in [2.75, 3.05) is 12.3 Å². The second-order valence-electron chi connectivity index (χ2n) is 5.93. The van der Waals surface area contributed by atoms with Crippen LogP contribution >= 0.6 is 15.9 Å². The van der Waals surface area contributed by atoms with E-state index in [9.17, 15) is 14.7 Å². The van der Waals surface area contributed by atoms with Crippen molar-refractivity contribution in [2.24, 2.45) is 5.73 Å². The number of aromatic nitrogens is 1. The molecule has 126 valence electrons. The van der Waals surface area contributed by atoms with E-state index in [1.165, 1.54) is 11.1 Å². The largest absolute Gasteiger partial charge is 0.465 e. The Morgan fingerprint density at radius 2 is 2.25 bits per heavy atom. The van der Waals surface area contributed by atoms with Gasteiger partial charge in [-0.1, -0.05) is 15.9 Å². The topological polar surface area (TPSA) is 123 Å². The third-order valence-electron chi connectivity index (χ3n) is 4.58. The first-order valence-electron chi connectivity index (χ1n) is 7.47. The van der Waals surface area contributed by atoms with E-state index in [1.54, 1.807) is 6.07 Å². The highest BCUT2D eigenvalue weighted by molar-refractivity contribution is 9.10. The number of amides is 1. The third kappa shape index (κ3) is 2.51. The first kappa shape index (κ1) is 16.7. The van der Waals surface area contributed by atoms with Gasteiger partial charge in [0.1, 0.15) is 11.8 Å². The molecule has 2 atom stereocenters. The molecule has 0 spiro atoms. The molecule has 0 aliphatic carbocycles. The van der Waals surface area contributed by atoms with Gasteiger partial charge in [0.05, 0.1) is 11.6 Å². The molecule has 1 amide bonds. The summed E-state index contributed by atoms with van der Waals surface area (Å²) in [5, 5.41) is 10.0. The summed E-state index contributed by atoms with van der Waals surface area (Å²) in [6.45, 7) is 0.348. The molecule has 1 aromatic heterocycles. The van der Waals surface area contributed by atoms with E-state index in [-0.39, 0.29) is 0 Å². The van der Waals surface area contributed by atoms with E-state index in [0.29, 0.717) is 47.8 Å². The Kier molecular flexibility index (Phi) is 4.18. The lowest BCUT2D eigenvalue weighted by molar-refractivity contribution is -0.114. The van der Waals surface area contributed by atoms with Crippen LogP contribution in [0, 0.1) is 0 Å². The van der Waals surface area contributed by atoms with Crippen molar-refractivity contribution in [1.82, 2.24) is 9.88 Å². The van der Waals surface area contributed by atoms with Gasteiger partial charge in [-0.05, 0) is 31.0 Å². The minimum atomic E-state index is -1.53. The van der Waals surface area contributed by atoms with Crippen LogP contribution in [0.15, 0.2) is 28.9 Å². The molecule has 5 N–H and O–H groups in total. The van der Waals surface area contributed by atoms with Crippen LogP contribution in [0.1, 0.15) is 18.4 Å². The van der Waals surface area contributed by atoms with Crippen LogP contribution in [-0.2, 0) is 10.3 Å². The van der Waals surface area contributed by atoms with E-state index in [2.05, 4.69) is 20.9 Å². The number of nitrogen functional groups attached to an aromatic ring is 1. The Balaban J connectivity index is 2.15. The number of carbonyl (C=O) groups is 2. The molecule has 2 aromatic rings. The van der Waals surface area contributed by atoms with Gasteiger partial charge in [-0.2, -0.15) is 0 Å². The number of halogens is 1. The Morgan fingerprint density at radius 1 is 1.50 bits per heavy atom. The molecule has 1 fully saturated rings. The minimum Gasteiger partial charge on any atom is -0.465 e. The molecular formula is C16H17BrN4O3. The van der Waals surface area contributed by atoms with Crippen molar-refractivity contribution in [1.29, 1.82) is 0 Å². The number of pyridine rings is 1. The van der Waals surface area contributed by atoms with Crippen LogP contribution in [-0.4, -0.2) is 40.0 Å². The first-order valence-corrected chi connectivity index (χ1v) is 8.26. The Hall–Kier alpha value is -2.19. The maximum atomic E-state index is 11.9. The molecule has 0 saturated carbocycles. The smallest absolute Gasteiger partial charge is 0.407 e. The fourth-order valence-corrected chi connectivity index (χ4v) is 3.70. The van der Waals surface area contributed by atoms with E-state index in [4.69, 9.17) is 11.5 Å². The third-order valence-corrected chi connectivity index (χ3v) is 5.08. The fraction of sp³-hybridized carbons (Fsp3) is 0.312. The highest BCUT2D eigenvalue weighted by Gasteiger charge is 2.46. The van der Waals surface area contributed by atoms with Crippen molar-refractivity contribution in [3.05, 3.63) is 34.4 Å². The second kappa shape index (κ2) is 6.03. The zero-order valence-corrected chi connectivity index (χ0v) is 14.4. The molecule has 1 saturated heterocycles. The second-order valence-corrected chi connectivity index (χ2v) is 6.85. The number of rotatable bonds is 3. The normalized spacial score (nSPS) is 20.1. The highest BCUT2D eigenvalue weighted by Crippen LogP contribution is 2.37. The number of likely N-dealkylation sites (tertiary alicyclic amines) is 1. The van der Waals surface area contributed by atoms with Gasteiger partial charge < -0.3 is 26.3 Å². The van der Waals surface area contributed by atoms with E-state index in [0.717, 1.165) is 4.47 Å². The van der Waals surface area contributed by atoms with Crippen molar-refractivity contribution in [3.8, 4) is 0 Å². The molecule has 1 aliphatic heterocycles. The number of anilines is 1. The summed E-state index contributed by atoms with van der Waals surface area (Å²) in [6, 6.07) is 4.76. The summed E-state index contributed by atoms with van der Waals surface area (Å²) in [5.74, 6) is 0. The van der Waals surface area contributed by atoms with Crippen molar-refractivity contribution in [2.45, 2.75) is 24.4 Å². The maximum Gasteiger partial charge on any atom is 0.407 e. The molecule has 1 aliphatic rings. The van der Waals surface area contributed by atoms with Crippen LogP contribution < -0.4 is 11.5 Å². The lowest BCUT2D eigenvalue weighted by atomic mass is 9.83. The monoisotopic (exact) mass is 392 g/mol. The lowest BCUT2D eigenvalue weighted by Gasteiger charge is -2.35. The minimum absolute atomic E-state index is 0.347. The van der Waals surface area contributed by atoms with Gasteiger partial charge in [0.15, 0.2) is 0 Å². The zero-order valence-electron chi connectivity index (χ0n) is 12.8. The SMILES string of the molecule is Nc1c(C(N)(C=O)C2CCCN2C(=O)O)cnc2cc(Br)ccc12. The van der Waals surface area contributed by atoms with E-state index < -0.39 is 17.7 Å². The van der Waals surface area contributed by atoms with Gasteiger partial charge in [-0.3, -0.25) is 4.98 Å². The molecule has 8 heteroatoms. The predicted octanol–water partition coefficient (Wildman–Crippen LogP) is 2.07. The number of hydrogen-bond acceptors (Lipinski definition) is 5. The van der Waals surface area contributed by atoms with Gasteiger partial charge in [0.25, 0.3) is 0 Å². The number of nitrogens with two attached hydrogens (primary N) is 2. The van der Waals surface area contributed by atoms with E-state index in [1.807, 2.05) is 12.1 Å². The number of benzene rings is 1. The standard InChI is InChI=1S/C16H17BrN4O3/c17-9-3-4-10-12(6-9)20-7-11(14(10)18)16(19,8-22)13-2-1-5-21(13)15(23)24/h3-4,6-8,13H,1-2,5,19H2,(H2,18,20)(H,23,24). The molecule has 2 unspecified atom stereocenters. The molecule has 0 bridgehead atoms. The Morgan fingerprint density at radius 3 is 2.92 bits per heavy atom. The van der Waals surface area contributed by atoms with Crippen LogP contribution in [0.5, 0.6) is 0 Å². The summed E-state index contributed by atoms with van der Waals surface area (Å²) in [7, 11) is 0. The van der Waals surface area contributed by atoms with Crippen molar-refractivity contribution < 1.29 is 14.7 Å². The molecule has 24 heavy (non-hydrogen) atoms. The van der Waals surface area contributed by atoms with Gasteiger partial charge in [-0.25, -0.2) is 4.79 Å². The van der Waals surface area contributed by atoms with Gasteiger partial charge in [0, 0.05) is 33.9 Å². The number of hydrogen-bond donors (Lipinski definition) is 3. The molecular weight excluding hydrogens is 376 g/mol. The Bertz CT molecular complexity index is 828. The van der Waals surface area contributed by atoms with Gasteiger partial charge in [0.2, 0.25) is 0 Å². The summed E-state index contributed by atoms with van der Waals surface area (Å²) in [4.78, 5) is 28.9. The average Bonchev–Trinajstić information content (AvgIpc) is 3.05. The number of nitrogens with zero attached hydrogens (tertiary/aromatic N) is 2. The fourth-order valence-electron chi connectivity index (χ4n) is 3.35. The summed E-state index contributed by atoms with van der Waals surface area (Å²) >= 11 is 3.37.